The zero-order valence-electron chi connectivity index (χ0n) is 18.9. The molecule has 0 aliphatic carbocycles. The van der Waals surface area contributed by atoms with Gasteiger partial charge in [0.2, 0.25) is 10.6 Å². The van der Waals surface area contributed by atoms with E-state index in [-0.39, 0.29) is 30.2 Å². The Bertz CT molecular complexity index is 1340. The predicted octanol–water partition coefficient (Wildman–Crippen LogP) is 0.480. The number of nitrogens with one attached hydrogen (secondary N) is 1. The Morgan fingerprint density at radius 3 is 2.80 bits per heavy atom. The lowest BCUT2D eigenvalue weighted by Gasteiger charge is -2.45. The zero-order valence-corrected chi connectivity index (χ0v) is 19.7. The molecular weight excluding hydrogens is 476 g/mol. The summed E-state index contributed by atoms with van der Waals surface area (Å²) in [5, 5.41) is 23.6. The van der Waals surface area contributed by atoms with Crippen molar-refractivity contribution < 1.29 is 24.5 Å². The van der Waals surface area contributed by atoms with Gasteiger partial charge in [-0.15, -0.1) is 0 Å². The number of carboxylic acids is 1. The number of hydrogen-bond acceptors (Lipinski definition) is 10. The molecule has 2 aliphatic heterocycles. The van der Waals surface area contributed by atoms with Crippen LogP contribution in [0.5, 0.6) is 0 Å². The van der Waals surface area contributed by atoms with Gasteiger partial charge in [0, 0.05) is 30.9 Å². The summed E-state index contributed by atoms with van der Waals surface area (Å²) >= 11 is 1.03. The van der Waals surface area contributed by atoms with Gasteiger partial charge in [-0.2, -0.15) is 4.37 Å². The van der Waals surface area contributed by atoms with Crippen LogP contribution in [0.2, 0.25) is 0 Å². The van der Waals surface area contributed by atoms with Gasteiger partial charge in [0.1, 0.15) is 17.7 Å². The van der Waals surface area contributed by atoms with E-state index in [1.807, 2.05) is 0 Å². The minimum atomic E-state index is -1.56. The number of carboxylic acid groups (broad SMARTS) is 1. The van der Waals surface area contributed by atoms with Gasteiger partial charge in [0.05, 0.1) is 24.6 Å². The Labute approximate surface area is 203 Å². The first-order valence-electron chi connectivity index (χ1n) is 11.2. The van der Waals surface area contributed by atoms with E-state index in [0.29, 0.717) is 29.7 Å². The normalized spacial score (nSPS) is 19.4. The van der Waals surface area contributed by atoms with E-state index in [1.165, 1.54) is 17.1 Å². The number of carbonyl (C=O) groups is 2. The Balaban J connectivity index is 1.41. The Hall–Kier alpha value is -3.42. The standard InChI is InChI=1S/C22H24N6O6S/c1-12-6-15(27-9-22(33,10-27)20(32)23-7-13-4-2-3-5-34-13)26-18-16(12)17(29)14(19(30)31)8-28(18)21-24-11-25-35-21/h6,8,11,13,33H,2-5,7,9-10H2,1H3,(H,23,32)(H,30,31). The molecule has 0 saturated carbocycles. The number of rotatable bonds is 6. The van der Waals surface area contributed by atoms with Crippen LogP contribution in [0.15, 0.2) is 23.4 Å². The number of nitrogens with zero attached hydrogens (tertiary/aromatic N) is 5. The number of hydrogen-bond donors (Lipinski definition) is 3. The maximum atomic E-state index is 12.9. The molecule has 13 heteroatoms. The molecule has 3 N–H and O–H groups in total. The molecule has 2 saturated heterocycles. The van der Waals surface area contributed by atoms with Crippen LogP contribution in [0.4, 0.5) is 5.82 Å². The molecule has 0 radical (unpaired) electrons. The van der Waals surface area contributed by atoms with Crippen molar-refractivity contribution in [3.05, 3.63) is 39.9 Å². The van der Waals surface area contributed by atoms with Gasteiger partial charge in [-0.3, -0.25) is 14.2 Å². The number of pyridine rings is 2. The highest BCUT2D eigenvalue weighted by Crippen LogP contribution is 2.30. The topological polar surface area (TPSA) is 160 Å². The fourth-order valence-corrected chi connectivity index (χ4v) is 4.95. The molecule has 1 unspecified atom stereocenters. The smallest absolute Gasteiger partial charge is 0.341 e. The van der Waals surface area contributed by atoms with Crippen LogP contribution < -0.4 is 15.6 Å². The lowest BCUT2D eigenvalue weighted by Crippen LogP contribution is -2.69. The monoisotopic (exact) mass is 500 g/mol. The maximum Gasteiger partial charge on any atom is 0.341 e. The van der Waals surface area contributed by atoms with Crippen LogP contribution in [0, 0.1) is 6.92 Å². The van der Waals surface area contributed by atoms with Crippen LogP contribution in [0.25, 0.3) is 16.2 Å². The molecule has 35 heavy (non-hydrogen) atoms. The number of aromatic nitrogens is 4. The third-order valence-corrected chi connectivity index (χ3v) is 7.01. The van der Waals surface area contributed by atoms with E-state index in [1.54, 1.807) is 17.9 Å². The summed E-state index contributed by atoms with van der Waals surface area (Å²) in [5.41, 5.74) is -1.87. The van der Waals surface area contributed by atoms with E-state index in [4.69, 9.17) is 4.74 Å². The number of aromatic carboxylic acids is 1. The number of aryl methyl sites for hydroxylation is 1. The van der Waals surface area contributed by atoms with E-state index in [2.05, 4.69) is 19.7 Å². The summed E-state index contributed by atoms with van der Waals surface area (Å²) in [4.78, 5) is 47.6. The van der Waals surface area contributed by atoms with Gasteiger partial charge in [-0.1, -0.05) is 0 Å². The van der Waals surface area contributed by atoms with Crippen molar-refractivity contribution in [2.45, 2.75) is 37.9 Å². The third kappa shape index (κ3) is 4.26. The van der Waals surface area contributed by atoms with Crippen LogP contribution >= 0.6 is 11.5 Å². The quantitative estimate of drug-likeness (QED) is 0.434. The Morgan fingerprint density at radius 2 is 2.14 bits per heavy atom. The van der Waals surface area contributed by atoms with Crippen LogP contribution in [0.1, 0.15) is 35.2 Å². The SMILES string of the molecule is Cc1cc(N2CC(O)(C(=O)NCC3CCCCO3)C2)nc2c1c(=O)c(C(=O)O)cn2-c1ncns1. The average Bonchev–Trinajstić information content (AvgIpc) is 3.35. The van der Waals surface area contributed by atoms with Crippen molar-refractivity contribution in [2.75, 3.05) is 31.1 Å². The minimum absolute atomic E-state index is 0.0263. The highest BCUT2D eigenvalue weighted by atomic mass is 32.1. The highest BCUT2D eigenvalue weighted by Gasteiger charge is 2.48. The molecule has 3 aromatic rings. The maximum absolute atomic E-state index is 12.9. The average molecular weight is 501 g/mol. The number of β-amino-alcohol motifs (C(OH)–C–C–N with tert-alkyl or cyclic N) is 1. The van der Waals surface area contributed by atoms with Crippen molar-refractivity contribution in [1.29, 1.82) is 0 Å². The second-order valence-corrected chi connectivity index (χ2v) is 9.61. The highest BCUT2D eigenvalue weighted by molar-refractivity contribution is 7.08. The number of fused-ring (bicyclic) bond motifs is 1. The van der Waals surface area contributed by atoms with E-state index in [0.717, 1.165) is 30.8 Å². The summed E-state index contributed by atoms with van der Waals surface area (Å²) < 4.78 is 11.0. The van der Waals surface area contributed by atoms with E-state index >= 15 is 0 Å². The first-order valence-corrected chi connectivity index (χ1v) is 12.0. The summed E-state index contributed by atoms with van der Waals surface area (Å²) in [7, 11) is 0. The van der Waals surface area contributed by atoms with E-state index < -0.39 is 28.5 Å². The third-order valence-electron chi connectivity index (χ3n) is 6.34. The number of carbonyl (C=O) groups excluding carboxylic acids is 1. The number of ether oxygens (including phenoxy) is 1. The summed E-state index contributed by atoms with van der Waals surface area (Å²) in [5.74, 6) is -1.36. The van der Waals surface area contributed by atoms with Crippen molar-refractivity contribution in [2.24, 2.45) is 0 Å². The molecule has 1 amide bonds. The molecule has 12 nitrogen and oxygen atoms in total. The van der Waals surface area contributed by atoms with Gasteiger partial charge in [0.15, 0.2) is 11.2 Å². The lowest BCUT2D eigenvalue weighted by molar-refractivity contribution is -0.143. The zero-order chi connectivity index (χ0) is 24.7. The minimum Gasteiger partial charge on any atom is -0.477 e. The molecule has 1 atom stereocenters. The molecular formula is C22H24N6O6S. The summed E-state index contributed by atoms with van der Waals surface area (Å²) in [6, 6.07) is 1.65. The van der Waals surface area contributed by atoms with Gasteiger partial charge >= 0.3 is 5.97 Å². The van der Waals surface area contributed by atoms with Gasteiger partial charge in [-0.05, 0) is 37.8 Å². The second-order valence-electron chi connectivity index (χ2n) is 8.85. The molecule has 5 rings (SSSR count). The second kappa shape index (κ2) is 8.98. The molecule has 2 fully saturated rings. The predicted molar refractivity (Wildman–Crippen MR) is 126 cm³/mol. The summed E-state index contributed by atoms with van der Waals surface area (Å²) in [6.45, 7) is 2.78. The molecule has 2 aliphatic rings. The van der Waals surface area contributed by atoms with Crippen molar-refractivity contribution in [1.82, 2.24) is 24.2 Å². The van der Waals surface area contributed by atoms with Gasteiger partial charge in [0.25, 0.3) is 5.91 Å². The Morgan fingerprint density at radius 1 is 1.34 bits per heavy atom. The van der Waals surface area contributed by atoms with Crippen LogP contribution in [0.3, 0.4) is 0 Å². The van der Waals surface area contributed by atoms with Crippen LogP contribution in [-0.2, 0) is 9.53 Å². The number of anilines is 1. The fraction of sp³-hybridized carbons (Fsp3) is 0.455. The molecule has 5 heterocycles. The molecule has 0 spiro atoms. The first kappa shape index (κ1) is 23.3. The van der Waals surface area contributed by atoms with Crippen molar-refractivity contribution in [3.8, 4) is 5.13 Å². The van der Waals surface area contributed by atoms with Crippen molar-refractivity contribution in [3.63, 3.8) is 0 Å². The molecule has 3 aromatic heterocycles. The van der Waals surface area contributed by atoms with E-state index in [9.17, 15) is 24.6 Å². The Kier molecular flexibility index (Phi) is 5.99. The summed E-state index contributed by atoms with van der Waals surface area (Å²) in [6.07, 6.45) is 5.44. The van der Waals surface area contributed by atoms with Crippen molar-refractivity contribution >= 4 is 40.3 Å². The van der Waals surface area contributed by atoms with Gasteiger partial charge < -0.3 is 25.2 Å². The molecule has 0 bridgehead atoms. The number of amides is 1. The largest absolute Gasteiger partial charge is 0.477 e. The lowest BCUT2D eigenvalue weighted by atomic mass is 9.92. The van der Waals surface area contributed by atoms with Gasteiger partial charge in [-0.25, -0.2) is 14.8 Å². The molecule has 0 aromatic carbocycles. The van der Waals surface area contributed by atoms with Crippen LogP contribution in [-0.4, -0.2) is 78.9 Å². The fourth-order valence-electron chi connectivity index (χ4n) is 4.44. The first-order chi connectivity index (χ1) is 16.8. The molecule has 184 valence electrons. The number of aliphatic hydroxyl groups is 1.